The van der Waals surface area contributed by atoms with Gasteiger partial charge in [-0.3, -0.25) is 9.59 Å². The summed E-state index contributed by atoms with van der Waals surface area (Å²) in [5, 5.41) is 9.35. The van der Waals surface area contributed by atoms with Crippen molar-refractivity contribution in [2.75, 3.05) is 0 Å². The van der Waals surface area contributed by atoms with Crippen molar-refractivity contribution < 1.29 is 14.7 Å². The Morgan fingerprint density at radius 3 is 2.16 bits per heavy atom. The number of carbonyl (C=O) groups is 2. The van der Waals surface area contributed by atoms with E-state index in [0.29, 0.717) is 24.8 Å². The summed E-state index contributed by atoms with van der Waals surface area (Å²) in [6, 6.07) is 0.557. The molecule has 0 aliphatic heterocycles. The predicted molar refractivity (Wildman–Crippen MR) is 72.7 cm³/mol. The highest BCUT2D eigenvalue weighted by Crippen LogP contribution is 2.45. The highest BCUT2D eigenvalue weighted by atomic mass is 16.4. The van der Waals surface area contributed by atoms with Gasteiger partial charge in [-0.05, 0) is 38.5 Å². The molecule has 2 saturated carbocycles. The first kappa shape index (κ1) is 14.4. The fraction of sp³-hybridized carbons (Fsp3) is 0.867. The van der Waals surface area contributed by atoms with Gasteiger partial charge in [-0.15, -0.1) is 0 Å². The molecule has 2 fully saturated rings. The average molecular weight is 267 g/mol. The number of carbonyl (C=O) groups excluding carboxylic acids is 1. The molecule has 1 N–H and O–H groups in total. The van der Waals surface area contributed by atoms with E-state index in [1.807, 2.05) is 4.90 Å². The molecule has 1 amide bonds. The summed E-state index contributed by atoms with van der Waals surface area (Å²) >= 11 is 0. The Bertz CT molecular complexity index is 370. The molecule has 19 heavy (non-hydrogen) atoms. The van der Waals surface area contributed by atoms with Gasteiger partial charge in [0.2, 0.25) is 5.91 Å². The molecule has 0 heterocycles. The zero-order chi connectivity index (χ0) is 14.2. The Balaban J connectivity index is 2.06. The Hall–Kier alpha value is -1.06. The third-order valence-corrected chi connectivity index (χ3v) is 4.89. The van der Waals surface area contributed by atoms with Crippen LogP contribution >= 0.6 is 0 Å². The Labute approximate surface area is 115 Å². The van der Waals surface area contributed by atoms with Crippen molar-refractivity contribution in [1.29, 1.82) is 0 Å². The molecule has 108 valence electrons. The zero-order valence-electron chi connectivity index (χ0n) is 12.2. The van der Waals surface area contributed by atoms with Crippen molar-refractivity contribution in [3.05, 3.63) is 0 Å². The van der Waals surface area contributed by atoms with Crippen molar-refractivity contribution in [2.24, 2.45) is 11.3 Å². The summed E-state index contributed by atoms with van der Waals surface area (Å²) in [4.78, 5) is 25.9. The predicted octanol–water partition coefficient (Wildman–Crippen LogP) is 2.67. The van der Waals surface area contributed by atoms with Crippen LogP contribution in [0.1, 0.15) is 59.3 Å². The normalized spacial score (nSPS) is 22.7. The second kappa shape index (κ2) is 5.14. The van der Waals surface area contributed by atoms with E-state index in [2.05, 4.69) is 20.8 Å². The fourth-order valence-electron chi connectivity index (χ4n) is 2.89. The van der Waals surface area contributed by atoms with Gasteiger partial charge < -0.3 is 10.0 Å². The highest BCUT2D eigenvalue weighted by Gasteiger charge is 2.48. The highest BCUT2D eigenvalue weighted by molar-refractivity contribution is 5.86. The van der Waals surface area contributed by atoms with Gasteiger partial charge in [-0.25, -0.2) is 0 Å². The summed E-state index contributed by atoms with van der Waals surface area (Å²) in [6.07, 6.45) is 4.58. The van der Waals surface area contributed by atoms with Crippen LogP contribution in [0.15, 0.2) is 0 Å². The minimum absolute atomic E-state index is 0.0470. The zero-order valence-corrected chi connectivity index (χ0v) is 12.2. The molecule has 0 bridgehead atoms. The number of hydrogen-bond donors (Lipinski definition) is 1. The monoisotopic (exact) mass is 267 g/mol. The average Bonchev–Trinajstić information content (AvgIpc) is 3.07. The van der Waals surface area contributed by atoms with Crippen LogP contribution in [0.4, 0.5) is 0 Å². The molecule has 0 spiro atoms. The number of amides is 1. The standard InChI is InChI=1S/C15H25NO3/c1-10(2)11(3)16(12-5-6-12)13(17)9-15(14(18)19)7-4-8-15/h10-12H,4-9H2,1-3H3,(H,18,19). The molecule has 2 aliphatic carbocycles. The van der Waals surface area contributed by atoms with Crippen LogP contribution in [0.25, 0.3) is 0 Å². The molecule has 1 unspecified atom stereocenters. The maximum atomic E-state index is 12.5. The smallest absolute Gasteiger partial charge is 0.310 e. The SMILES string of the molecule is CC(C)C(C)N(C(=O)CC1(C(=O)O)CCC1)C1CC1. The van der Waals surface area contributed by atoms with E-state index in [-0.39, 0.29) is 18.4 Å². The second-order valence-electron chi connectivity index (χ2n) is 6.63. The first-order valence-electron chi connectivity index (χ1n) is 7.42. The number of hydrogen-bond acceptors (Lipinski definition) is 2. The van der Waals surface area contributed by atoms with Crippen LogP contribution in [-0.4, -0.2) is 34.0 Å². The minimum atomic E-state index is -0.792. The van der Waals surface area contributed by atoms with Gasteiger partial charge in [0.15, 0.2) is 0 Å². The molecule has 1 atom stereocenters. The number of aliphatic carboxylic acids is 1. The number of carboxylic acid groups (broad SMARTS) is 1. The maximum absolute atomic E-state index is 12.5. The summed E-state index contributed by atoms with van der Waals surface area (Å²) in [5.41, 5.74) is -0.763. The van der Waals surface area contributed by atoms with Gasteiger partial charge >= 0.3 is 5.97 Å². The van der Waals surface area contributed by atoms with Gasteiger partial charge in [0.1, 0.15) is 0 Å². The van der Waals surface area contributed by atoms with E-state index < -0.39 is 11.4 Å². The van der Waals surface area contributed by atoms with E-state index in [1.54, 1.807) is 0 Å². The lowest BCUT2D eigenvalue weighted by molar-refractivity contribution is -0.160. The van der Waals surface area contributed by atoms with Crippen LogP contribution < -0.4 is 0 Å². The third kappa shape index (κ3) is 2.77. The molecular formula is C15H25NO3. The van der Waals surface area contributed by atoms with E-state index in [1.165, 1.54) is 0 Å². The number of nitrogens with zero attached hydrogens (tertiary/aromatic N) is 1. The van der Waals surface area contributed by atoms with E-state index in [4.69, 9.17) is 0 Å². The molecule has 2 rings (SSSR count). The van der Waals surface area contributed by atoms with E-state index in [0.717, 1.165) is 19.3 Å². The van der Waals surface area contributed by atoms with Crippen molar-refractivity contribution in [3.63, 3.8) is 0 Å². The van der Waals surface area contributed by atoms with Crippen LogP contribution in [0.3, 0.4) is 0 Å². The molecule has 0 radical (unpaired) electrons. The molecular weight excluding hydrogens is 242 g/mol. The first-order chi connectivity index (χ1) is 8.87. The summed E-state index contributed by atoms with van der Waals surface area (Å²) in [6.45, 7) is 6.31. The Morgan fingerprint density at radius 1 is 1.26 bits per heavy atom. The van der Waals surface area contributed by atoms with Gasteiger partial charge in [0.25, 0.3) is 0 Å². The topological polar surface area (TPSA) is 57.6 Å². The van der Waals surface area contributed by atoms with Crippen LogP contribution in [0.2, 0.25) is 0 Å². The van der Waals surface area contributed by atoms with Gasteiger partial charge in [0, 0.05) is 18.5 Å². The van der Waals surface area contributed by atoms with Gasteiger partial charge in [-0.1, -0.05) is 20.3 Å². The fourth-order valence-corrected chi connectivity index (χ4v) is 2.89. The van der Waals surface area contributed by atoms with Gasteiger partial charge in [0.05, 0.1) is 5.41 Å². The minimum Gasteiger partial charge on any atom is -0.481 e. The maximum Gasteiger partial charge on any atom is 0.310 e. The molecule has 4 nitrogen and oxygen atoms in total. The molecule has 0 saturated heterocycles. The summed E-state index contributed by atoms with van der Waals surface area (Å²) in [5.74, 6) is -0.336. The largest absolute Gasteiger partial charge is 0.481 e. The summed E-state index contributed by atoms with van der Waals surface area (Å²) in [7, 11) is 0. The van der Waals surface area contributed by atoms with Crippen molar-refractivity contribution in [1.82, 2.24) is 4.90 Å². The molecule has 0 aromatic rings. The van der Waals surface area contributed by atoms with Gasteiger partial charge in [-0.2, -0.15) is 0 Å². The third-order valence-electron chi connectivity index (χ3n) is 4.89. The molecule has 2 aliphatic rings. The lowest BCUT2D eigenvalue weighted by Crippen LogP contribution is -2.48. The quantitative estimate of drug-likeness (QED) is 0.805. The lowest BCUT2D eigenvalue weighted by atomic mass is 9.66. The second-order valence-corrected chi connectivity index (χ2v) is 6.63. The van der Waals surface area contributed by atoms with Crippen molar-refractivity contribution >= 4 is 11.9 Å². The number of carboxylic acids is 1. The lowest BCUT2D eigenvalue weighted by Gasteiger charge is -2.40. The summed E-state index contributed by atoms with van der Waals surface area (Å²) < 4.78 is 0. The molecule has 4 heteroatoms. The van der Waals surface area contributed by atoms with Crippen LogP contribution in [0, 0.1) is 11.3 Å². The van der Waals surface area contributed by atoms with Crippen molar-refractivity contribution in [2.45, 2.75) is 71.4 Å². The molecule has 0 aromatic carbocycles. The number of rotatable bonds is 6. The van der Waals surface area contributed by atoms with Crippen molar-refractivity contribution in [3.8, 4) is 0 Å². The van der Waals surface area contributed by atoms with E-state index >= 15 is 0 Å². The van der Waals surface area contributed by atoms with Crippen LogP contribution in [-0.2, 0) is 9.59 Å². The van der Waals surface area contributed by atoms with E-state index in [9.17, 15) is 14.7 Å². The van der Waals surface area contributed by atoms with Crippen LogP contribution in [0.5, 0.6) is 0 Å². The Kier molecular flexibility index (Phi) is 3.88. The first-order valence-corrected chi connectivity index (χ1v) is 7.42. The molecule has 0 aromatic heterocycles. The Morgan fingerprint density at radius 2 is 1.84 bits per heavy atom.